The molecule has 1 aliphatic rings. The molecule has 22 heavy (non-hydrogen) atoms. The number of fused-ring (bicyclic) bond motifs is 1. The lowest BCUT2D eigenvalue weighted by Crippen LogP contribution is -2.17. The highest BCUT2D eigenvalue weighted by Gasteiger charge is 2.16. The van der Waals surface area contributed by atoms with Crippen molar-refractivity contribution in [2.24, 2.45) is 0 Å². The number of esters is 1. The Morgan fingerprint density at radius 1 is 1.09 bits per heavy atom. The summed E-state index contributed by atoms with van der Waals surface area (Å²) in [5.41, 5.74) is 0.565. The fourth-order valence-corrected chi connectivity index (χ4v) is 1.99. The van der Waals surface area contributed by atoms with Gasteiger partial charge in [-0.3, -0.25) is 4.79 Å². The number of ether oxygens (including phenoxy) is 3. The standard InChI is InChI=1S/C16H13NO5/c18-13(10-22-16(19)12-3-1-2-6-17-12)11-4-5-14-15(9-11)21-8-7-20-14/h1-6,9H,7-8,10H2. The molecule has 0 saturated heterocycles. The van der Waals surface area contributed by atoms with E-state index in [9.17, 15) is 9.59 Å². The molecule has 3 rings (SSSR count). The van der Waals surface area contributed by atoms with Crippen molar-refractivity contribution in [1.82, 2.24) is 4.98 Å². The number of hydrogen-bond acceptors (Lipinski definition) is 6. The second-order valence-electron chi connectivity index (χ2n) is 4.57. The van der Waals surface area contributed by atoms with E-state index >= 15 is 0 Å². The molecular formula is C16H13NO5. The van der Waals surface area contributed by atoms with E-state index in [-0.39, 0.29) is 18.1 Å². The minimum atomic E-state index is -0.633. The van der Waals surface area contributed by atoms with Gasteiger partial charge in [-0.15, -0.1) is 0 Å². The van der Waals surface area contributed by atoms with Gasteiger partial charge in [0, 0.05) is 11.8 Å². The van der Waals surface area contributed by atoms with Crippen LogP contribution in [-0.4, -0.2) is 36.6 Å². The zero-order chi connectivity index (χ0) is 15.4. The van der Waals surface area contributed by atoms with E-state index in [1.165, 1.54) is 12.3 Å². The Kier molecular flexibility index (Phi) is 4.00. The molecular weight excluding hydrogens is 286 g/mol. The Bertz CT molecular complexity index is 699. The maximum absolute atomic E-state index is 12.1. The number of benzene rings is 1. The minimum Gasteiger partial charge on any atom is -0.486 e. The van der Waals surface area contributed by atoms with E-state index in [0.717, 1.165) is 0 Å². The van der Waals surface area contributed by atoms with Crippen LogP contribution in [0.2, 0.25) is 0 Å². The fraction of sp³-hybridized carbons (Fsp3) is 0.188. The molecule has 0 radical (unpaired) electrons. The van der Waals surface area contributed by atoms with Crippen molar-refractivity contribution in [3.8, 4) is 11.5 Å². The quantitative estimate of drug-likeness (QED) is 0.634. The average molecular weight is 299 g/mol. The largest absolute Gasteiger partial charge is 0.486 e. The Hall–Kier alpha value is -2.89. The van der Waals surface area contributed by atoms with Gasteiger partial charge in [-0.2, -0.15) is 0 Å². The van der Waals surface area contributed by atoms with E-state index in [2.05, 4.69) is 4.98 Å². The van der Waals surface area contributed by atoms with Gasteiger partial charge in [0.1, 0.15) is 18.9 Å². The lowest BCUT2D eigenvalue weighted by Gasteiger charge is -2.18. The van der Waals surface area contributed by atoms with Crippen LogP contribution in [0.1, 0.15) is 20.8 Å². The van der Waals surface area contributed by atoms with Gasteiger partial charge in [0.25, 0.3) is 0 Å². The first-order valence-corrected chi connectivity index (χ1v) is 6.75. The summed E-state index contributed by atoms with van der Waals surface area (Å²) in [5, 5.41) is 0. The highest BCUT2D eigenvalue weighted by molar-refractivity contribution is 5.99. The summed E-state index contributed by atoms with van der Waals surface area (Å²) in [6, 6.07) is 9.76. The van der Waals surface area contributed by atoms with Crippen LogP contribution in [0.15, 0.2) is 42.6 Å². The van der Waals surface area contributed by atoms with Crippen molar-refractivity contribution in [2.75, 3.05) is 19.8 Å². The van der Waals surface area contributed by atoms with Crippen LogP contribution in [0.4, 0.5) is 0 Å². The summed E-state index contributed by atoms with van der Waals surface area (Å²) in [6.45, 7) is 0.580. The maximum atomic E-state index is 12.1. The number of carbonyl (C=O) groups excluding carboxylic acids is 2. The molecule has 0 spiro atoms. The van der Waals surface area contributed by atoms with Crippen molar-refractivity contribution in [1.29, 1.82) is 0 Å². The predicted octanol–water partition coefficient (Wildman–Crippen LogP) is 1.89. The molecule has 0 atom stereocenters. The summed E-state index contributed by atoms with van der Waals surface area (Å²) < 4.78 is 15.8. The molecule has 0 fully saturated rings. The first-order valence-electron chi connectivity index (χ1n) is 6.75. The molecule has 112 valence electrons. The number of aromatic nitrogens is 1. The Morgan fingerprint density at radius 2 is 1.91 bits per heavy atom. The van der Waals surface area contributed by atoms with Crippen LogP contribution < -0.4 is 9.47 Å². The first-order chi connectivity index (χ1) is 10.7. The first kappa shape index (κ1) is 14.1. The van der Waals surface area contributed by atoms with E-state index in [1.54, 1.807) is 30.3 Å². The van der Waals surface area contributed by atoms with E-state index in [0.29, 0.717) is 30.3 Å². The summed E-state index contributed by atoms with van der Waals surface area (Å²) in [7, 11) is 0. The second kappa shape index (κ2) is 6.26. The topological polar surface area (TPSA) is 74.7 Å². The van der Waals surface area contributed by atoms with Gasteiger partial charge in [0.15, 0.2) is 23.9 Å². The molecule has 1 aliphatic heterocycles. The third-order valence-electron chi connectivity index (χ3n) is 3.07. The van der Waals surface area contributed by atoms with Gasteiger partial charge in [-0.25, -0.2) is 9.78 Å². The molecule has 0 amide bonds. The summed E-state index contributed by atoms with van der Waals surface area (Å²) in [6.07, 6.45) is 1.49. The van der Waals surface area contributed by atoms with E-state index in [4.69, 9.17) is 14.2 Å². The molecule has 0 aliphatic carbocycles. The Balaban J connectivity index is 1.64. The normalized spacial score (nSPS) is 12.5. The van der Waals surface area contributed by atoms with Crippen molar-refractivity contribution in [3.05, 3.63) is 53.9 Å². The number of rotatable bonds is 4. The number of pyridine rings is 1. The van der Waals surface area contributed by atoms with Crippen LogP contribution in [0.25, 0.3) is 0 Å². The van der Waals surface area contributed by atoms with Crippen LogP contribution in [0, 0.1) is 0 Å². The van der Waals surface area contributed by atoms with Gasteiger partial charge < -0.3 is 14.2 Å². The number of ketones is 1. The SMILES string of the molecule is O=C(COC(=O)c1ccccn1)c1ccc2c(c1)OCCO2. The molecule has 2 heterocycles. The third-order valence-corrected chi connectivity index (χ3v) is 3.07. The molecule has 0 unspecified atom stereocenters. The van der Waals surface area contributed by atoms with Crippen LogP contribution >= 0.6 is 0 Å². The molecule has 0 saturated carbocycles. The Labute approximate surface area is 126 Å². The average Bonchev–Trinajstić information content (AvgIpc) is 2.59. The monoisotopic (exact) mass is 299 g/mol. The van der Waals surface area contributed by atoms with E-state index in [1.807, 2.05) is 0 Å². The van der Waals surface area contributed by atoms with Crippen molar-refractivity contribution in [2.45, 2.75) is 0 Å². The molecule has 6 nitrogen and oxygen atoms in total. The van der Waals surface area contributed by atoms with Crippen molar-refractivity contribution < 1.29 is 23.8 Å². The number of nitrogens with zero attached hydrogens (tertiary/aromatic N) is 1. The predicted molar refractivity (Wildman–Crippen MR) is 76.3 cm³/mol. The highest BCUT2D eigenvalue weighted by Crippen LogP contribution is 2.30. The maximum Gasteiger partial charge on any atom is 0.357 e. The van der Waals surface area contributed by atoms with E-state index < -0.39 is 5.97 Å². The Morgan fingerprint density at radius 3 is 2.68 bits per heavy atom. The number of hydrogen-bond donors (Lipinski definition) is 0. The highest BCUT2D eigenvalue weighted by atomic mass is 16.6. The van der Waals surface area contributed by atoms with Gasteiger partial charge in [0.2, 0.25) is 0 Å². The van der Waals surface area contributed by atoms with Crippen molar-refractivity contribution in [3.63, 3.8) is 0 Å². The summed E-state index contributed by atoms with van der Waals surface area (Å²) >= 11 is 0. The van der Waals surface area contributed by atoms with Gasteiger partial charge in [-0.05, 0) is 30.3 Å². The van der Waals surface area contributed by atoms with Crippen LogP contribution in [0.3, 0.4) is 0 Å². The number of Topliss-reactive ketones (excluding diaryl/α,β-unsaturated/α-hetero) is 1. The minimum absolute atomic E-state index is 0.164. The molecule has 2 aromatic rings. The number of carbonyl (C=O) groups is 2. The third kappa shape index (κ3) is 3.06. The van der Waals surface area contributed by atoms with Crippen molar-refractivity contribution >= 4 is 11.8 Å². The lowest BCUT2D eigenvalue weighted by molar-refractivity contribution is 0.0469. The molecule has 1 aromatic heterocycles. The van der Waals surface area contributed by atoms with Crippen LogP contribution in [-0.2, 0) is 4.74 Å². The second-order valence-corrected chi connectivity index (χ2v) is 4.57. The molecule has 6 heteroatoms. The fourth-order valence-electron chi connectivity index (χ4n) is 1.99. The summed E-state index contributed by atoms with van der Waals surface area (Å²) in [5.74, 6) is 0.175. The van der Waals surface area contributed by atoms with Gasteiger partial charge >= 0.3 is 5.97 Å². The zero-order valence-electron chi connectivity index (χ0n) is 11.7. The molecule has 1 aromatic carbocycles. The van der Waals surface area contributed by atoms with Gasteiger partial charge in [-0.1, -0.05) is 6.07 Å². The lowest BCUT2D eigenvalue weighted by atomic mass is 10.1. The zero-order valence-corrected chi connectivity index (χ0v) is 11.7. The van der Waals surface area contributed by atoms with Crippen LogP contribution in [0.5, 0.6) is 11.5 Å². The summed E-state index contributed by atoms with van der Waals surface area (Å²) in [4.78, 5) is 27.7. The molecule has 0 N–H and O–H groups in total. The molecule has 0 bridgehead atoms. The van der Waals surface area contributed by atoms with Gasteiger partial charge in [0.05, 0.1) is 0 Å². The smallest absolute Gasteiger partial charge is 0.357 e.